The lowest BCUT2D eigenvalue weighted by atomic mass is 10.0. The minimum absolute atomic E-state index is 0.402. The van der Waals surface area contributed by atoms with Crippen LogP contribution in [0.3, 0.4) is 0 Å². The molecular weight excluding hydrogens is 268 g/mol. The SMILES string of the molecule is c1cnc2c(c1)nc(C1CCCCN1)n2C1CCCS1. The molecule has 2 aromatic heterocycles. The van der Waals surface area contributed by atoms with Gasteiger partial charge in [-0.1, -0.05) is 6.42 Å². The summed E-state index contributed by atoms with van der Waals surface area (Å²) >= 11 is 2.05. The Labute approximate surface area is 123 Å². The molecule has 4 nitrogen and oxygen atoms in total. The van der Waals surface area contributed by atoms with Gasteiger partial charge in [-0.05, 0) is 50.1 Å². The van der Waals surface area contributed by atoms with Gasteiger partial charge in [-0.3, -0.25) is 4.57 Å². The number of pyridine rings is 1. The molecule has 1 N–H and O–H groups in total. The van der Waals surface area contributed by atoms with Gasteiger partial charge in [-0.15, -0.1) is 11.8 Å². The fraction of sp³-hybridized carbons (Fsp3) is 0.600. The fourth-order valence-electron chi connectivity index (χ4n) is 3.31. The Hall–Kier alpha value is -1.07. The van der Waals surface area contributed by atoms with E-state index >= 15 is 0 Å². The molecular formula is C15H20N4S. The Morgan fingerprint density at radius 1 is 1.25 bits per heavy atom. The molecule has 2 unspecified atom stereocenters. The molecule has 0 aliphatic carbocycles. The Balaban J connectivity index is 1.82. The number of hydrogen-bond acceptors (Lipinski definition) is 4. The number of thioether (sulfide) groups is 1. The van der Waals surface area contributed by atoms with Crippen LogP contribution in [0.2, 0.25) is 0 Å². The van der Waals surface area contributed by atoms with Crippen LogP contribution in [0.1, 0.15) is 49.3 Å². The molecule has 2 atom stereocenters. The molecule has 0 spiro atoms. The zero-order valence-electron chi connectivity index (χ0n) is 11.6. The largest absolute Gasteiger partial charge is 0.307 e. The third kappa shape index (κ3) is 2.13. The first kappa shape index (κ1) is 12.7. The number of aromatic nitrogens is 3. The van der Waals surface area contributed by atoms with E-state index in [4.69, 9.17) is 4.98 Å². The Morgan fingerprint density at radius 2 is 2.25 bits per heavy atom. The van der Waals surface area contributed by atoms with Crippen LogP contribution in [-0.2, 0) is 0 Å². The predicted molar refractivity (Wildman–Crippen MR) is 82.9 cm³/mol. The first-order valence-electron chi connectivity index (χ1n) is 7.61. The van der Waals surface area contributed by atoms with Gasteiger partial charge in [-0.25, -0.2) is 9.97 Å². The summed E-state index contributed by atoms with van der Waals surface area (Å²) in [5.74, 6) is 2.46. The van der Waals surface area contributed by atoms with E-state index in [-0.39, 0.29) is 0 Å². The number of nitrogens with one attached hydrogen (secondary N) is 1. The van der Waals surface area contributed by atoms with Crippen LogP contribution in [-0.4, -0.2) is 26.8 Å². The van der Waals surface area contributed by atoms with Gasteiger partial charge in [0.1, 0.15) is 11.3 Å². The maximum Gasteiger partial charge on any atom is 0.161 e. The van der Waals surface area contributed by atoms with Gasteiger partial charge < -0.3 is 5.32 Å². The summed E-state index contributed by atoms with van der Waals surface area (Å²) in [4.78, 5) is 9.51. The molecule has 0 bridgehead atoms. The number of piperidine rings is 1. The molecule has 4 heterocycles. The monoisotopic (exact) mass is 288 g/mol. The van der Waals surface area contributed by atoms with Gasteiger partial charge in [-0.2, -0.15) is 0 Å². The van der Waals surface area contributed by atoms with Crippen molar-refractivity contribution in [1.82, 2.24) is 19.9 Å². The van der Waals surface area contributed by atoms with Gasteiger partial charge in [0.25, 0.3) is 0 Å². The lowest BCUT2D eigenvalue weighted by Gasteiger charge is -2.25. The summed E-state index contributed by atoms with van der Waals surface area (Å²) in [6.45, 7) is 1.11. The molecule has 4 rings (SSSR count). The Morgan fingerprint density at radius 3 is 3.05 bits per heavy atom. The van der Waals surface area contributed by atoms with Crippen molar-refractivity contribution in [3.63, 3.8) is 0 Å². The summed E-state index contributed by atoms with van der Waals surface area (Å²) < 4.78 is 2.41. The second-order valence-corrected chi connectivity index (χ2v) is 6.94. The van der Waals surface area contributed by atoms with Crippen molar-refractivity contribution in [1.29, 1.82) is 0 Å². The molecule has 2 saturated heterocycles. The van der Waals surface area contributed by atoms with E-state index in [0.29, 0.717) is 11.4 Å². The van der Waals surface area contributed by atoms with E-state index in [1.807, 2.05) is 24.0 Å². The molecule has 2 aliphatic heterocycles. The summed E-state index contributed by atoms with van der Waals surface area (Å²) in [5.41, 5.74) is 2.11. The first-order chi connectivity index (χ1) is 9.93. The van der Waals surface area contributed by atoms with Crippen LogP contribution < -0.4 is 5.32 Å². The van der Waals surface area contributed by atoms with Gasteiger partial charge in [0.2, 0.25) is 0 Å². The highest BCUT2D eigenvalue weighted by atomic mass is 32.2. The predicted octanol–water partition coefficient (Wildman–Crippen LogP) is 3.27. The molecule has 20 heavy (non-hydrogen) atoms. The van der Waals surface area contributed by atoms with E-state index in [9.17, 15) is 0 Å². The van der Waals surface area contributed by atoms with E-state index in [1.165, 1.54) is 43.7 Å². The molecule has 0 amide bonds. The zero-order valence-corrected chi connectivity index (χ0v) is 12.4. The molecule has 5 heteroatoms. The molecule has 0 aromatic carbocycles. The summed E-state index contributed by atoms with van der Waals surface area (Å²) in [5, 5.41) is 4.16. The lowest BCUT2D eigenvalue weighted by Crippen LogP contribution is -2.29. The van der Waals surface area contributed by atoms with Crippen molar-refractivity contribution < 1.29 is 0 Å². The number of nitrogens with zero attached hydrogens (tertiary/aromatic N) is 3. The average molecular weight is 288 g/mol. The van der Waals surface area contributed by atoms with E-state index in [1.54, 1.807) is 0 Å². The van der Waals surface area contributed by atoms with Crippen LogP contribution in [0.4, 0.5) is 0 Å². The van der Waals surface area contributed by atoms with Crippen LogP contribution in [0, 0.1) is 0 Å². The summed E-state index contributed by atoms with van der Waals surface area (Å²) in [6.07, 6.45) is 8.21. The Bertz CT molecular complexity index is 597. The lowest BCUT2D eigenvalue weighted by molar-refractivity contribution is 0.385. The second kappa shape index (κ2) is 5.37. The van der Waals surface area contributed by atoms with Gasteiger partial charge in [0.15, 0.2) is 5.65 Å². The van der Waals surface area contributed by atoms with Crippen LogP contribution in [0.15, 0.2) is 18.3 Å². The highest BCUT2D eigenvalue weighted by Gasteiger charge is 2.28. The standard InChI is InChI=1S/C15H20N4S/c1-2-8-16-11(5-1)15-18-12-6-3-9-17-14(12)19(15)13-7-4-10-20-13/h3,6,9,11,13,16H,1-2,4-5,7-8,10H2. The smallest absolute Gasteiger partial charge is 0.161 e. The maximum absolute atomic E-state index is 4.91. The summed E-state index contributed by atoms with van der Waals surface area (Å²) in [6, 6.07) is 4.48. The molecule has 0 saturated carbocycles. The number of rotatable bonds is 2. The van der Waals surface area contributed by atoms with E-state index in [2.05, 4.69) is 20.9 Å². The normalized spacial score (nSPS) is 27.2. The minimum atomic E-state index is 0.402. The molecule has 0 radical (unpaired) electrons. The summed E-state index contributed by atoms with van der Waals surface area (Å²) in [7, 11) is 0. The van der Waals surface area contributed by atoms with Gasteiger partial charge in [0, 0.05) is 6.20 Å². The topological polar surface area (TPSA) is 42.7 Å². The quantitative estimate of drug-likeness (QED) is 0.921. The number of fused-ring (bicyclic) bond motifs is 1. The third-order valence-corrected chi connectivity index (χ3v) is 5.65. The molecule has 2 fully saturated rings. The van der Waals surface area contributed by atoms with Gasteiger partial charge >= 0.3 is 0 Å². The van der Waals surface area contributed by atoms with Crippen molar-refractivity contribution in [2.24, 2.45) is 0 Å². The third-order valence-electron chi connectivity index (χ3n) is 4.29. The second-order valence-electron chi connectivity index (χ2n) is 5.66. The first-order valence-corrected chi connectivity index (χ1v) is 8.66. The average Bonchev–Trinajstić information content (AvgIpc) is 3.14. The van der Waals surface area contributed by atoms with Crippen molar-refractivity contribution in [2.75, 3.05) is 12.3 Å². The number of hydrogen-bond donors (Lipinski definition) is 1. The van der Waals surface area contributed by atoms with Crippen LogP contribution in [0.25, 0.3) is 11.2 Å². The highest BCUT2D eigenvalue weighted by Crippen LogP contribution is 2.40. The van der Waals surface area contributed by atoms with Gasteiger partial charge in [0.05, 0.1) is 11.4 Å². The van der Waals surface area contributed by atoms with Crippen molar-refractivity contribution >= 4 is 22.9 Å². The van der Waals surface area contributed by atoms with Crippen molar-refractivity contribution in [3.8, 4) is 0 Å². The van der Waals surface area contributed by atoms with Crippen molar-refractivity contribution in [3.05, 3.63) is 24.2 Å². The van der Waals surface area contributed by atoms with Crippen LogP contribution in [0.5, 0.6) is 0 Å². The zero-order chi connectivity index (χ0) is 13.4. The molecule has 2 aliphatic rings. The number of imidazole rings is 1. The Kier molecular flexibility index (Phi) is 3.40. The fourth-order valence-corrected chi connectivity index (χ4v) is 4.61. The molecule has 2 aromatic rings. The van der Waals surface area contributed by atoms with E-state index in [0.717, 1.165) is 17.7 Å². The van der Waals surface area contributed by atoms with E-state index < -0.39 is 0 Å². The van der Waals surface area contributed by atoms with Crippen molar-refractivity contribution in [2.45, 2.75) is 43.5 Å². The molecule has 106 valence electrons. The minimum Gasteiger partial charge on any atom is -0.307 e. The maximum atomic E-state index is 4.91. The van der Waals surface area contributed by atoms with Crippen LogP contribution >= 0.6 is 11.8 Å². The highest BCUT2D eigenvalue weighted by molar-refractivity contribution is 7.99.